The van der Waals surface area contributed by atoms with Crippen LogP contribution in [0, 0.1) is 0 Å². The molecule has 0 spiro atoms. The molecule has 0 fully saturated rings. The summed E-state index contributed by atoms with van der Waals surface area (Å²) in [6, 6.07) is 7.93. The second kappa shape index (κ2) is 4.58. The molecule has 2 aliphatic rings. The van der Waals surface area contributed by atoms with Gasteiger partial charge in [-0.05, 0) is 32.9 Å². The number of rotatable bonds is 0. The summed E-state index contributed by atoms with van der Waals surface area (Å²) in [7, 11) is 0. The van der Waals surface area contributed by atoms with Gasteiger partial charge >= 0.3 is 6.09 Å². The molecular weight excluding hydrogens is 294 g/mol. The van der Waals surface area contributed by atoms with E-state index in [0.717, 1.165) is 22.9 Å². The second-order valence-electron chi connectivity index (χ2n) is 6.45. The molecule has 0 saturated carbocycles. The van der Waals surface area contributed by atoms with Gasteiger partial charge in [-0.2, -0.15) is 5.01 Å². The molecule has 1 aromatic carbocycles. The van der Waals surface area contributed by atoms with E-state index in [2.05, 4.69) is 9.98 Å². The van der Waals surface area contributed by atoms with Crippen LogP contribution in [0.2, 0.25) is 0 Å². The van der Waals surface area contributed by atoms with E-state index >= 15 is 0 Å². The van der Waals surface area contributed by atoms with Crippen LogP contribution in [0.4, 0.5) is 10.6 Å². The third-order valence-electron chi connectivity index (χ3n) is 3.64. The number of amides is 1. The minimum atomic E-state index is -0.562. The molecule has 0 atom stereocenters. The van der Waals surface area contributed by atoms with Crippen molar-refractivity contribution in [2.75, 3.05) is 11.7 Å². The van der Waals surface area contributed by atoms with E-state index in [1.54, 1.807) is 17.5 Å². The van der Waals surface area contributed by atoms with Crippen LogP contribution in [0.1, 0.15) is 26.3 Å². The average Bonchev–Trinajstić information content (AvgIpc) is 3.12. The number of amidine groups is 1. The molecule has 118 valence electrons. The number of aromatic nitrogens is 2. The summed E-state index contributed by atoms with van der Waals surface area (Å²) in [5, 5.41) is 3.26. The molecule has 0 aliphatic carbocycles. The number of ether oxygens (including phenoxy) is 1. The fraction of sp³-hybridized carbons (Fsp3) is 0.312. The highest BCUT2D eigenvalue weighted by Crippen LogP contribution is 2.34. The molecule has 0 unspecified atom stereocenters. The number of anilines is 1. The zero-order valence-corrected chi connectivity index (χ0v) is 13.2. The van der Waals surface area contributed by atoms with Crippen LogP contribution < -0.4 is 5.01 Å². The Bertz CT molecular complexity index is 818. The average molecular weight is 311 g/mol. The first-order chi connectivity index (χ1) is 11.0. The number of aliphatic imine (C=N–C) groups is 1. The zero-order valence-electron chi connectivity index (χ0n) is 13.2. The van der Waals surface area contributed by atoms with Crippen LogP contribution >= 0.6 is 0 Å². The maximum Gasteiger partial charge on any atom is 0.431 e. The van der Waals surface area contributed by atoms with E-state index in [0.29, 0.717) is 0 Å². The van der Waals surface area contributed by atoms with E-state index in [9.17, 15) is 4.79 Å². The first kappa shape index (κ1) is 13.8. The first-order valence-corrected chi connectivity index (χ1v) is 7.43. The highest BCUT2D eigenvalue weighted by Gasteiger charge is 2.39. The minimum Gasteiger partial charge on any atom is -0.442 e. The van der Waals surface area contributed by atoms with Crippen molar-refractivity contribution in [3.05, 3.63) is 42.4 Å². The van der Waals surface area contributed by atoms with E-state index in [1.165, 1.54) is 5.01 Å². The number of carbonyl (C=O) groups is 1. The summed E-state index contributed by atoms with van der Waals surface area (Å²) >= 11 is 0. The number of hydrazine groups is 1. The van der Waals surface area contributed by atoms with Crippen LogP contribution in [-0.2, 0) is 4.74 Å². The number of hydrogen-bond donors (Lipinski definition) is 0. The lowest BCUT2D eigenvalue weighted by atomic mass is 10.1. The van der Waals surface area contributed by atoms with Crippen molar-refractivity contribution in [2.45, 2.75) is 26.4 Å². The predicted octanol–water partition coefficient (Wildman–Crippen LogP) is 2.56. The van der Waals surface area contributed by atoms with Crippen molar-refractivity contribution in [1.29, 1.82) is 0 Å². The standard InChI is InChI=1S/C16H17N5O2/c1-16(2,3)23-15(22)20-10-18-14-11-6-4-5-7-12(11)19-9-17-8-13(19)21(14)20/h4-9H,10H2,1-3H3. The van der Waals surface area contributed by atoms with Crippen LogP contribution in [-0.4, -0.2) is 38.8 Å². The summed E-state index contributed by atoms with van der Waals surface area (Å²) in [5.41, 5.74) is 1.40. The molecule has 0 bridgehead atoms. The van der Waals surface area contributed by atoms with Gasteiger partial charge in [0.15, 0.2) is 11.7 Å². The van der Waals surface area contributed by atoms with Crippen LogP contribution in [0.5, 0.6) is 0 Å². The number of benzene rings is 1. The third kappa shape index (κ3) is 2.08. The molecule has 2 aliphatic heterocycles. The van der Waals surface area contributed by atoms with Gasteiger partial charge in [0.1, 0.15) is 18.6 Å². The van der Waals surface area contributed by atoms with Crippen LogP contribution in [0.3, 0.4) is 0 Å². The Kier molecular flexibility index (Phi) is 2.75. The first-order valence-electron chi connectivity index (χ1n) is 7.43. The molecule has 1 amide bonds. The predicted molar refractivity (Wildman–Crippen MR) is 85.5 cm³/mol. The van der Waals surface area contributed by atoms with E-state index in [-0.39, 0.29) is 6.67 Å². The van der Waals surface area contributed by atoms with Gasteiger partial charge in [-0.15, -0.1) is 0 Å². The number of imidazole rings is 1. The number of nitrogens with zero attached hydrogens (tertiary/aromatic N) is 5. The van der Waals surface area contributed by atoms with Crippen molar-refractivity contribution in [3.8, 4) is 5.69 Å². The number of hydrogen-bond acceptors (Lipinski definition) is 5. The third-order valence-corrected chi connectivity index (χ3v) is 3.64. The van der Waals surface area contributed by atoms with Gasteiger partial charge in [0, 0.05) is 5.56 Å². The Labute approximate surface area is 133 Å². The molecule has 4 rings (SSSR count). The van der Waals surface area contributed by atoms with Crippen molar-refractivity contribution in [2.24, 2.45) is 4.99 Å². The maximum absolute atomic E-state index is 12.5. The van der Waals surface area contributed by atoms with Crippen LogP contribution in [0.15, 0.2) is 41.8 Å². The van der Waals surface area contributed by atoms with Gasteiger partial charge in [0.2, 0.25) is 0 Å². The highest BCUT2D eigenvalue weighted by atomic mass is 16.6. The molecule has 0 radical (unpaired) electrons. The van der Waals surface area contributed by atoms with Gasteiger partial charge in [0.05, 0.1) is 11.9 Å². The Hall–Kier alpha value is -2.83. The Morgan fingerprint density at radius 2 is 2.04 bits per heavy atom. The Morgan fingerprint density at radius 1 is 1.26 bits per heavy atom. The van der Waals surface area contributed by atoms with Gasteiger partial charge in [0.25, 0.3) is 0 Å². The lowest BCUT2D eigenvalue weighted by Gasteiger charge is -2.34. The van der Waals surface area contributed by atoms with Crippen molar-refractivity contribution in [3.63, 3.8) is 0 Å². The summed E-state index contributed by atoms with van der Waals surface area (Å²) in [5.74, 6) is 1.50. The number of fused-ring (bicyclic) bond motifs is 6. The van der Waals surface area contributed by atoms with Gasteiger partial charge in [-0.3, -0.25) is 4.57 Å². The van der Waals surface area contributed by atoms with Gasteiger partial charge in [-0.25, -0.2) is 19.8 Å². The fourth-order valence-electron chi connectivity index (χ4n) is 2.77. The van der Waals surface area contributed by atoms with Crippen LogP contribution in [0.25, 0.3) is 5.69 Å². The van der Waals surface area contributed by atoms with Crippen molar-refractivity contribution < 1.29 is 9.53 Å². The quantitative estimate of drug-likeness (QED) is 0.750. The SMILES string of the molecule is CC(C)(C)OC(=O)N1CN=C2c3ccccc3-n3cncc3N21. The van der Waals surface area contributed by atoms with E-state index < -0.39 is 11.7 Å². The Morgan fingerprint density at radius 3 is 2.83 bits per heavy atom. The topological polar surface area (TPSA) is 63.0 Å². The monoisotopic (exact) mass is 311 g/mol. The fourth-order valence-corrected chi connectivity index (χ4v) is 2.77. The normalized spacial score (nSPS) is 15.7. The second-order valence-corrected chi connectivity index (χ2v) is 6.45. The van der Waals surface area contributed by atoms with Gasteiger partial charge < -0.3 is 4.74 Å². The minimum absolute atomic E-state index is 0.226. The summed E-state index contributed by atoms with van der Waals surface area (Å²) < 4.78 is 7.43. The molecule has 1 aromatic heterocycles. The summed E-state index contributed by atoms with van der Waals surface area (Å²) in [4.78, 5) is 21.3. The molecule has 7 nitrogen and oxygen atoms in total. The smallest absolute Gasteiger partial charge is 0.431 e. The lowest BCUT2D eigenvalue weighted by Crippen LogP contribution is -2.49. The zero-order chi connectivity index (χ0) is 16.2. The van der Waals surface area contributed by atoms with E-state index in [1.807, 2.05) is 49.6 Å². The Balaban J connectivity index is 1.78. The molecule has 7 heteroatoms. The summed E-state index contributed by atoms with van der Waals surface area (Å²) in [6.45, 7) is 5.76. The van der Waals surface area contributed by atoms with E-state index in [4.69, 9.17) is 4.74 Å². The van der Waals surface area contributed by atoms with Crippen molar-refractivity contribution >= 4 is 17.7 Å². The lowest BCUT2D eigenvalue weighted by molar-refractivity contribution is 0.0276. The molecule has 3 heterocycles. The summed E-state index contributed by atoms with van der Waals surface area (Å²) in [6.07, 6.45) is 3.02. The number of para-hydroxylation sites is 1. The molecule has 0 saturated heterocycles. The van der Waals surface area contributed by atoms with Crippen molar-refractivity contribution in [1.82, 2.24) is 14.6 Å². The molecule has 2 aromatic rings. The highest BCUT2D eigenvalue weighted by molar-refractivity contribution is 6.15. The molecule has 23 heavy (non-hydrogen) atoms. The molecule has 0 N–H and O–H groups in total. The van der Waals surface area contributed by atoms with Gasteiger partial charge in [-0.1, -0.05) is 12.1 Å². The number of carbonyl (C=O) groups excluding carboxylic acids is 1. The largest absolute Gasteiger partial charge is 0.442 e. The molecular formula is C16H17N5O2. The maximum atomic E-state index is 12.5.